The van der Waals surface area contributed by atoms with Crippen molar-refractivity contribution in [2.24, 2.45) is 5.73 Å². The quantitative estimate of drug-likeness (QED) is 0.770. The zero-order valence-electron chi connectivity index (χ0n) is 11.2. The van der Waals surface area contributed by atoms with Crippen LogP contribution >= 0.6 is 31.9 Å². The van der Waals surface area contributed by atoms with Crippen LogP contribution in [-0.4, -0.2) is 8.42 Å². The first-order valence-electron chi connectivity index (χ1n) is 6.11. The Bertz CT molecular complexity index is 777. The monoisotopic (exact) mass is 432 g/mol. The number of nitrogens with one attached hydrogen (secondary N) is 1. The molecule has 112 valence electrons. The van der Waals surface area contributed by atoms with Crippen molar-refractivity contribution < 1.29 is 8.42 Å². The van der Waals surface area contributed by atoms with E-state index in [4.69, 9.17) is 5.73 Å². The molecule has 0 bridgehead atoms. The second kappa shape index (κ2) is 6.48. The third-order valence-electron chi connectivity index (χ3n) is 2.89. The lowest BCUT2D eigenvalue weighted by molar-refractivity contribution is 0.600. The minimum absolute atomic E-state index is 0.174. The van der Waals surface area contributed by atoms with Gasteiger partial charge in [0.05, 0.1) is 5.69 Å². The first-order valence-corrected chi connectivity index (χ1v) is 9.18. The van der Waals surface area contributed by atoms with Gasteiger partial charge in [-0.15, -0.1) is 0 Å². The van der Waals surface area contributed by atoms with Gasteiger partial charge in [-0.25, -0.2) is 8.42 Å². The molecule has 0 fully saturated rings. The molecule has 0 aliphatic carbocycles. The van der Waals surface area contributed by atoms with Gasteiger partial charge < -0.3 is 5.73 Å². The van der Waals surface area contributed by atoms with Crippen LogP contribution in [0.25, 0.3) is 0 Å². The second-order valence-electron chi connectivity index (χ2n) is 4.56. The summed E-state index contributed by atoms with van der Waals surface area (Å²) < 4.78 is 28.7. The minimum Gasteiger partial charge on any atom is -0.326 e. The van der Waals surface area contributed by atoms with Crippen LogP contribution in [0.5, 0.6) is 0 Å². The Labute approximate surface area is 141 Å². The zero-order chi connectivity index (χ0) is 15.6. The van der Waals surface area contributed by atoms with Crippen LogP contribution in [0.2, 0.25) is 0 Å². The second-order valence-corrected chi connectivity index (χ2v) is 7.92. The summed E-state index contributed by atoms with van der Waals surface area (Å²) in [6.45, 7) is 2.26. The number of aryl methyl sites for hydroxylation is 1. The van der Waals surface area contributed by atoms with Crippen molar-refractivity contribution in [2.45, 2.75) is 18.4 Å². The van der Waals surface area contributed by atoms with E-state index in [9.17, 15) is 8.42 Å². The van der Waals surface area contributed by atoms with E-state index in [1.807, 2.05) is 13.0 Å². The number of nitrogens with two attached hydrogens (primary N) is 1. The van der Waals surface area contributed by atoms with Crippen molar-refractivity contribution >= 4 is 47.6 Å². The van der Waals surface area contributed by atoms with Crippen LogP contribution in [0.4, 0.5) is 5.69 Å². The molecule has 0 aliphatic heterocycles. The average molecular weight is 434 g/mol. The average Bonchev–Trinajstić information content (AvgIpc) is 2.42. The molecule has 0 unspecified atom stereocenters. The van der Waals surface area contributed by atoms with Gasteiger partial charge in [0.1, 0.15) is 4.90 Å². The van der Waals surface area contributed by atoms with Crippen molar-refractivity contribution in [1.82, 2.24) is 0 Å². The molecule has 0 spiro atoms. The lowest BCUT2D eigenvalue weighted by atomic mass is 10.2. The van der Waals surface area contributed by atoms with Gasteiger partial charge in [0.15, 0.2) is 0 Å². The lowest BCUT2D eigenvalue weighted by Crippen LogP contribution is -2.14. The van der Waals surface area contributed by atoms with Crippen LogP contribution in [0.1, 0.15) is 11.1 Å². The van der Waals surface area contributed by atoms with Gasteiger partial charge in [-0.2, -0.15) is 0 Å². The van der Waals surface area contributed by atoms with Gasteiger partial charge in [0.25, 0.3) is 10.0 Å². The Morgan fingerprint density at radius 2 is 1.81 bits per heavy atom. The van der Waals surface area contributed by atoms with E-state index in [2.05, 4.69) is 36.6 Å². The normalized spacial score (nSPS) is 11.4. The fourth-order valence-corrected chi connectivity index (χ4v) is 4.48. The van der Waals surface area contributed by atoms with Gasteiger partial charge in [-0.3, -0.25) is 4.72 Å². The van der Waals surface area contributed by atoms with Crippen LogP contribution < -0.4 is 10.5 Å². The fourth-order valence-electron chi connectivity index (χ4n) is 1.81. The van der Waals surface area contributed by atoms with Gasteiger partial charge in [0, 0.05) is 15.5 Å². The maximum atomic E-state index is 12.5. The van der Waals surface area contributed by atoms with E-state index in [0.717, 1.165) is 11.1 Å². The Morgan fingerprint density at radius 1 is 1.10 bits per heavy atom. The summed E-state index contributed by atoms with van der Waals surface area (Å²) in [5.41, 5.74) is 7.88. The Kier molecular flexibility index (Phi) is 5.08. The molecule has 3 N–H and O–H groups in total. The first-order chi connectivity index (χ1) is 9.83. The zero-order valence-corrected chi connectivity index (χ0v) is 15.2. The standard InChI is InChI=1S/C14H14Br2N2O2S/c1-9-2-4-11(15)13(6-9)18-21(19,20)14-5-3-10(8-17)7-12(14)16/h2-7,18H,8,17H2,1H3. The minimum atomic E-state index is -3.68. The van der Waals surface area contributed by atoms with Crippen molar-refractivity contribution in [2.75, 3.05) is 4.72 Å². The molecule has 0 aliphatic rings. The van der Waals surface area contributed by atoms with Gasteiger partial charge >= 0.3 is 0 Å². The number of hydrogen-bond donors (Lipinski definition) is 2. The van der Waals surface area contributed by atoms with E-state index >= 15 is 0 Å². The van der Waals surface area contributed by atoms with Crippen molar-refractivity contribution in [3.05, 3.63) is 56.5 Å². The Hall–Kier alpha value is -0.890. The molecule has 7 heteroatoms. The number of anilines is 1. The molecule has 4 nitrogen and oxygen atoms in total. The molecule has 0 aromatic heterocycles. The number of hydrogen-bond acceptors (Lipinski definition) is 3. The van der Waals surface area contributed by atoms with Gasteiger partial charge in [-0.05, 0) is 74.2 Å². The molecule has 2 aromatic carbocycles. The lowest BCUT2D eigenvalue weighted by Gasteiger charge is -2.12. The highest BCUT2D eigenvalue weighted by molar-refractivity contribution is 9.11. The molecular weight excluding hydrogens is 420 g/mol. The molecular formula is C14H14Br2N2O2S. The van der Waals surface area contributed by atoms with E-state index in [-0.39, 0.29) is 4.90 Å². The van der Waals surface area contributed by atoms with E-state index in [1.165, 1.54) is 6.07 Å². The predicted octanol–water partition coefficient (Wildman–Crippen LogP) is 3.78. The molecule has 0 amide bonds. The summed E-state index contributed by atoms with van der Waals surface area (Å²) in [5.74, 6) is 0. The Balaban J connectivity index is 2.41. The molecule has 21 heavy (non-hydrogen) atoms. The van der Waals surface area contributed by atoms with Gasteiger partial charge in [0.2, 0.25) is 0 Å². The summed E-state index contributed by atoms with van der Waals surface area (Å²) in [6, 6.07) is 10.4. The number of rotatable bonds is 4. The maximum Gasteiger partial charge on any atom is 0.263 e. The molecule has 2 aromatic rings. The molecule has 0 saturated carbocycles. The highest BCUT2D eigenvalue weighted by atomic mass is 79.9. The van der Waals surface area contributed by atoms with Crippen LogP contribution in [-0.2, 0) is 16.6 Å². The van der Waals surface area contributed by atoms with Crippen molar-refractivity contribution in [3.63, 3.8) is 0 Å². The topological polar surface area (TPSA) is 72.2 Å². The van der Waals surface area contributed by atoms with E-state index in [0.29, 0.717) is 21.2 Å². The number of benzene rings is 2. The van der Waals surface area contributed by atoms with Gasteiger partial charge in [-0.1, -0.05) is 12.1 Å². The molecule has 0 radical (unpaired) electrons. The van der Waals surface area contributed by atoms with Crippen LogP contribution in [0, 0.1) is 6.92 Å². The summed E-state index contributed by atoms with van der Waals surface area (Å²) in [7, 11) is -3.68. The van der Waals surface area contributed by atoms with Crippen molar-refractivity contribution in [3.8, 4) is 0 Å². The van der Waals surface area contributed by atoms with E-state index < -0.39 is 10.0 Å². The largest absolute Gasteiger partial charge is 0.326 e. The summed E-state index contributed by atoms with van der Waals surface area (Å²) >= 11 is 6.63. The third-order valence-corrected chi connectivity index (χ3v) is 5.92. The number of halogens is 2. The van der Waals surface area contributed by atoms with E-state index in [1.54, 1.807) is 24.3 Å². The number of sulfonamides is 1. The Morgan fingerprint density at radius 3 is 2.43 bits per heavy atom. The summed E-state index contributed by atoms with van der Waals surface area (Å²) in [5, 5.41) is 0. The first kappa shape index (κ1) is 16.5. The summed E-state index contributed by atoms with van der Waals surface area (Å²) in [6.07, 6.45) is 0. The van der Waals surface area contributed by atoms with Crippen LogP contribution in [0.3, 0.4) is 0 Å². The third kappa shape index (κ3) is 3.85. The fraction of sp³-hybridized carbons (Fsp3) is 0.143. The molecule has 2 rings (SSSR count). The predicted molar refractivity (Wildman–Crippen MR) is 91.7 cm³/mol. The highest BCUT2D eigenvalue weighted by Crippen LogP contribution is 2.29. The summed E-state index contributed by atoms with van der Waals surface area (Å²) in [4.78, 5) is 0.174. The SMILES string of the molecule is Cc1ccc(Br)c(NS(=O)(=O)c2ccc(CN)cc2Br)c1. The maximum absolute atomic E-state index is 12.5. The highest BCUT2D eigenvalue weighted by Gasteiger charge is 2.19. The van der Waals surface area contributed by atoms with Crippen molar-refractivity contribution in [1.29, 1.82) is 0 Å². The smallest absolute Gasteiger partial charge is 0.263 e. The molecule has 0 saturated heterocycles. The molecule has 0 heterocycles. The van der Waals surface area contributed by atoms with Crippen LogP contribution in [0.15, 0.2) is 50.2 Å². The molecule has 0 atom stereocenters.